The van der Waals surface area contributed by atoms with Gasteiger partial charge in [0.25, 0.3) is 0 Å². The van der Waals surface area contributed by atoms with Gasteiger partial charge in [-0.3, -0.25) is 4.99 Å². The topological polar surface area (TPSA) is 49.7 Å². The second-order valence-electron chi connectivity index (χ2n) is 12.3. The molecule has 1 atom stereocenters. The van der Waals surface area contributed by atoms with Crippen LogP contribution >= 0.6 is 0 Å². The second kappa shape index (κ2) is 11.8. The third-order valence-electron chi connectivity index (χ3n) is 9.57. The highest BCUT2D eigenvalue weighted by Crippen LogP contribution is 2.38. The molecule has 0 bridgehead atoms. The van der Waals surface area contributed by atoms with Crippen LogP contribution in [0.5, 0.6) is 0 Å². The number of aliphatic imine (C=N–C) groups is 1. The predicted molar refractivity (Wildman–Crippen MR) is 193 cm³/mol. The highest BCUT2D eigenvalue weighted by atomic mass is 32.2. The molecule has 2 aliphatic carbocycles. The number of allylic oxidation sites excluding steroid dienone is 1. The van der Waals surface area contributed by atoms with Gasteiger partial charge < -0.3 is 4.90 Å². The molecule has 0 saturated carbocycles. The van der Waals surface area contributed by atoms with Gasteiger partial charge in [0.1, 0.15) is 0 Å². The Labute approximate surface area is 275 Å². The van der Waals surface area contributed by atoms with Crippen molar-refractivity contribution in [1.29, 1.82) is 0 Å². The third kappa shape index (κ3) is 5.17. The fraction of sp³-hybridized carbons (Fsp3) is 0.119. The number of para-hydroxylation sites is 2. The molecule has 0 amide bonds. The van der Waals surface area contributed by atoms with Crippen molar-refractivity contribution >= 4 is 39.6 Å². The van der Waals surface area contributed by atoms with E-state index in [1.165, 1.54) is 10.8 Å². The molecule has 0 N–H and O–H groups in total. The summed E-state index contributed by atoms with van der Waals surface area (Å²) in [4.78, 5) is 7.22. The maximum Gasteiger partial charge on any atom is 0.178 e. The van der Waals surface area contributed by atoms with E-state index in [1.54, 1.807) is 0 Å². The standard InChI is InChI=1S/C42H34N2O2S/c1-2-47(45,46)41-21-10-15-30-22-23-36-33-17-11-18-34(35(33)24-25-38(36)42(30)41)37-16-7-9-20-40(37)44-28-32(26-29-12-4-3-5-13-29)43-27-31-14-6-8-19-39(31)44/h2-9,11-20,22-24,27-28,41H,1,10,21,25-26H2. The molecular formula is C42H34N2O2S. The van der Waals surface area contributed by atoms with Crippen molar-refractivity contribution in [3.05, 3.63) is 176 Å². The van der Waals surface area contributed by atoms with Crippen LogP contribution in [0.15, 0.2) is 138 Å². The third-order valence-corrected chi connectivity index (χ3v) is 11.3. The van der Waals surface area contributed by atoms with Gasteiger partial charge >= 0.3 is 0 Å². The van der Waals surface area contributed by atoms with Crippen molar-refractivity contribution in [2.45, 2.75) is 30.9 Å². The SMILES string of the molecule is C=CS(=O)(=O)C1CCC=c2ccc3c(c21)CC=c1c(-c2ccccc2N2C=C(Cc4ccccc4)N=Cc4ccccc42)cccc1=3. The summed E-state index contributed by atoms with van der Waals surface area (Å²) >= 11 is 0. The van der Waals surface area contributed by atoms with Gasteiger partial charge in [-0.15, -0.1) is 0 Å². The van der Waals surface area contributed by atoms with Crippen LogP contribution in [0.2, 0.25) is 0 Å². The predicted octanol–water partition coefficient (Wildman–Crippen LogP) is 7.81. The molecule has 47 heavy (non-hydrogen) atoms. The average molecular weight is 631 g/mol. The number of rotatable bonds is 6. The Balaban J connectivity index is 1.33. The van der Waals surface area contributed by atoms with E-state index in [0.29, 0.717) is 12.8 Å². The zero-order valence-electron chi connectivity index (χ0n) is 26.0. The Morgan fingerprint density at radius 3 is 2.40 bits per heavy atom. The summed E-state index contributed by atoms with van der Waals surface area (Å²) in [5, 5.41) is 5.01. The van der Waals surface area contributed by atoms with Crippen molar-refractivity contribution in [2.24, 2.45) is 4.99 Å². The molecule has 0 saturated heterocycles. The van der Waals surface area contributed by atoms with Crippen LogP contribution in [0.25, 0.3) is 23.3 Å². The number of benzene rings is 5. The summed E-state index contributed by atoms with van der Waals surface area (Å²) in [5.74, 6) is 0. The maximum absolute atomic E-state index is 13.2. The number of hydrogen-bond acceptors (Lipinski definition) is 4. The number of nitrogens with zero attached hydrogens (tertiary/aromatic N) is 2. The molecule has 230 valence electrons. The normalized spacial score (nSPS) is 16.3. The first-order valence-electron chi connectivity index (χ1n) is 16.1. The molecule has 0 fully saturated rings. The van der Waals surface area contributed by atoms with Crippen LogP contribution in [0.1, 0.15) is 40.3 Å². The number of fused-ring (bicyclic) bond motifs is 5. The molecule has 0 radical (unpaired) electrons. The van der Waals surface area contributed by atoms with Gasteiger partial charge in [0.15, 0.2) is 9.84 Å². The lowest BCUT2D eigenvalue weighted by molar-refractivity contribution is 0.583. The Morgan fingerprint density at radius 1 is 0.787 bits per heavy atom. The summed E-state index contributed by atoms with van der Waals surface area (Å²) in [6.45, 7) is 3.64. The second-order valence-corrected chi connectivity index (χ2v) is 14.4. The quantitative estimate of drug-likeness (QED) is 0.192. The van der Waals surface area contributed by atoms with Crippen LogP contribution in [0.3, 0.4) is 0 Å². The van der Waals surface area contributed by atoms with Crippen molar-refractivity contribution in [1.82, 2.24) is 0 Å². The number of sulfone groups is 1. The van der Waals surface area contributed by atoms with Gasteiger partial charge in [0, 0.05) is 35.4 Å². The first-order chi connectivity index (χ1) is 23.0. The monoisotopic (exact) mass is 630 g/mol. The van der Waals surface area contributed by atoms with Crippen LogP contribution in [-0.2, 0) is 22.7 Å². The molecular weight excluding hydrogens is 597 g/mol. The first-order valence-corrected chi connectivity index (χ1v) is 17.7. The largest absolute Gasteiger partial charge is 0.314 e. The summed E-state index contributed by atoms with van der Waals surface area (Å²) in [6.07, 6.45) is 11.3. The van der Waals surface area contributed by atoms with Crippen molar-refractivity contribution < 1.29 is 8.42 Å². The van der Waals surface area contributed by atoms with Gasteiger partial charge in [-0.05, 0) is 74.5 Å². The van der Waals surface area contributed by atoms with E-state index in [-0.39, 0.29) is 0 Å². The zero-order valence-corrected chi connectivity index (χ0v) is 26.8. The smallest absolute Gasteiger partial charge is 0.178 e. The van der Waals surface area contributed by atoms with Crippen LogP contribution in [0.4, 0.5) is 11.4 Å². The molecule has 5 heteroatoms. The summed E-state index contributed by atoms with van der Waals surface area (Å²) in [7, 11) is -3.46. The minimum atomic E-state index is -3.46. The highest BCUT2D eigenvalue weighted by molar-refractivity contribution is 7.94. The van der Waals surface area contributed by atoms with Gasteiger partial charge in [0.05, 0.1) is 22.3 Å². The Bertz CT molecular complexity index is 2460. The van der Waals surface area contributed by atoms with Gasteiger partial charge in [-0.25, -0.2) is 8.42 Å². The molecule has 5 aromatic rings. The van der Waals surface area contributed by atoms with Gasteiger partial charge in [-0.1, -0.05) is 116 Å². The fourth-order valence-electron chi connectivity index (χ4n) is 7.38. The van der Waals surface area contributed by atoms with E-state index in [2.05, 4.69) is 133 Å². The zero-order chi connectivity index (χ0) is 32.0. The minimum absolute atomic E-state index is 0.559. The Kier molecular flexibility index (Phi) is 7.34. The summed E-state index contributed by atoms with van der Waals surface area (Å²) in [6, 6.07) is 38.2. The lowest BCUT2D eigenvalue weighted by Gasteiger charge is -2.26. The van der Waals surface area contributed by atoms with Crippen molar-refractivity contribution in [3.63, 3.8) is 0 Å². The van der Waals surface area contributed by atoms with Crippen LogP contribution in [-0.4, -0.2) is 14.6 Å². The minimum Gasteiger partial charge on any atom is -0.314 e. The van der Waals surface area contributed by atoms with Gasteiger partial charge in [0.2, 0.25) is 0 Å². The van der Waals surface area contributed by atoms with Crippen molar-refractivity contribution in [2.75, 3.05) is 4.90 Å². The molecule has 1 aliphatic heterocycles. The van der Waals surface area contributed by atoms with E-state index in [9.17, 15) is 8.42 Å². The van der Waals surface area contributed by atoms with E-state index < -0.39 is 15.1 Å². The van der Waals surface area contributed by atoms with E-state index in [4.69, 9.17) is 4.99 Å². The molecule has 0 aromatic heterocycles. The molecule has 1 heterocycles. The van der Waals surface area contributed by atoms with E-state index in [1.807, 2.05) is 12.3 Å². The van der Waals surface area contributed by atoms with E-state index >= 15 is 0 Å². The Hall–Kier alpha value is -5.26. The molecule has 8 rings (SSSR count). The summed E-state index contributed by atoms with van der Waals surface area (Å²) < 4.78 is 26.3. The molecule has 4 nitrogen and oxygen atoms in total. The van der Waals surface area contributed by atoms with Crippen LogP contribution < -0.4 is 15.3 Å². The molecule has 3 aliphatic rings. The van der Waals surface area contributed by atoms with Crippen molar-refractivity contribution in [3.8, 4) is 11.1 Å². The summed E-state index contributed by atoms with van der Waals surface area (Å²) in [5.41, 5.74) is 9.70. The molecule has 1 unspecified atom stereocenters. The average Bonchev–Trinajstić information content (AvgIpc) is 3.30. The lowest BCUT2D eigenvalue weighted by Crippen LogP contribution is -2.27. The molecule has 0 spiro atoms. The fourth-order valence-corrected chi connectivity index (χ4v) is 8.68. The van der Waals surface area contributed by atoms with Crippen LogP contribution in [0, 0.1) is 10.4 Å². The highest BCUT2D eigenvalue weighted by Gasteiger charge is 2.30. The maximum atomic E-state index is 13.2. The van der Waals surface area contributed by atoms with Gasteiger partial charge in [-0.2, -0.15) is 0 Å². The number of hydrogen-bond donors (Lipinski definition) is 0. The van der Waals surface area contributed by atoms with E-state index in [0.717, 1.165) is 78.8 Å². The Morgan fingerprint density at radius 2 is 1.55 bits per heavy atom. The number of anilines is 2. The lowest BCUT2D eigenvalue weighted by atomic mass is 9.87. The first kappa shape index (κ1) is 29.2. The molecule has 5 aromatic carbocycles.